The maximum Gasteiger partial charge on any atom is 0.263 e. The number of benzene rings is 1. The van der Waals surface area contributed by atoms with Crippen LogP contribution in [-0.4, -0.2) is 4.37 Å². The van der Waals surface area contributed by atoms with Crippen LogP contribution in [0.1, 0.15) is 0 Å². The highest BCUT2D eigenvalue weighted by atomic mass is 32.1. The van der Waals surface area contributed by atoms with Crippen molar-refractivity contribution in [1.82, 2.24) is 4.37 Å². The van der Waals surface area contributed by atoms with Gasteiger partial charge in [0.25, 0.3) is 5.69 Å². The Bertz CT molecular complexity index is 498. The summed E-state index contributed by atoms with van der Waals surface area (Å²) in [4.78, 5) is 3.34. The molecule has 0 unspecified atom stereocenters. The summed E-state index contributed by atoms with van der Waals surface area (Å²) in [5.74, 6) is 0.286. The molecule has 4 nitrogen and oxygen atoms in total. The van der Waals surface area contributed by atoms with E-state index < -0.39 is 0 Å². The number of hydrogen-bond donors (Lipinski definition) is 2. The zero-order chi connectivity index (χ0) is 10.7. The summed E-state index contributed by atoms with van der Waals surface area (Å²) in [5, 5.41) is 3.80. The number of anilines is 3. The summed E-state index contributed by atoms with van der Waals surface area (Å²) in [5.41, 5.74) is 6.87. The molecule has 1 heterocycles. The van der Waals surface area contributed by atoms with Gasteiger partial charge in [-0.25, -0.2) is 4.85 Å². The number of aromatic nitrogens is 1. The second-order valence-electron chi connectivity index (χ2n) is 2.85. The van der Waals surface area contributed by atoms with Crippen LogP contribution in [0.15, 0.2) is 30.3 Å². The molecule has 0 bridgehead atoms. The van der Waals surface area contributed by atoms with Crippen molar-refractivity contribution >= 4 is 33.7 Å². The van der Waals surface area contributed by atoms with Crippen LogP contribution in [0.3, 0.4) is 0 Å². The Labute approximate surface area is 91.3 Å². The molecule has 74 valence electrons. The van der Waals surface area contributed by atoms with Crippen molar-refractivity contribution in [3.8, 4) is 0 Å². The molecule has 0 atom stereocenters. The lowest BCUT2D eigenvalue weighted by Crippen LogP contribution is -1.87. The predicted molar refractivity (Wildman–Crippen MR) is 62.5 cm³/mol. The van der Waals surface area contributed by atoms with Gasteiger partial charge in [-0.1, -0.05) is 18.2 Å². The van der Waals surface area contributed by atoms with Crippen molar-refractivity contribution in [2.45, 2.75) is 0 Å². The third-order valence-corrected chi connectivity index (χ3v) is 2.60. The van der Waals surface area contributed by atoms with Crippen LogP contribution in [0.25, 0.3) is 4.85 Å². The van der Waals surface area contributed by atoms with Gasteiger partial charge in [0.15, 0.2) is 0 Å². The molecular weight excluding hydrogens is 208 g/mol. The van der Waals surface area contributed by atoms with Crippen molar-refractivity contribution in [3.05, 3.63) is 41.7 Å². The fourth-order valence-corrected chi connectivity index (χ4v) is 1.82. The van der Waals surface area contributed by atoms with E-state index in [0.717, 1.165) is 5.69 Å². The van der Waals surface area contributed by atoms with Crippen LogP contribution in [0.4, 0.5) is 22.2 Å². The Morgan fingerprint density at radius 1 is 1.33 bits per heavy atom. The Balaban J connectivity index is 2.30. The molecule has 0 saturated heterocycles. The minimum Gasteiger partial charge on any atom is -0.391 e. The monoisotopic (exact) mass is 216 g/mol. The maximum atomic E-state index is 6.98. The highest BCUT2D eigenvalue weighted by Crippen LogP contribution is 2.37. The maximum absolute atomic E-state index is 6.98. The fourth-order valence-electron chi connectivity index (χ4n) is 1.14. The average Bonchev–Trinajstić information content (AvgIpc) is 2.61. The van der Waals surface area contributed by atoms with Crippen LogP contribution >= 0.6 is 11.5 Å². The highest BCUT2D eigenvalue weighted by molar-refractivity contribution is 7.11. The molecule has 5 heteroatoms. The van der Waals surface area contributed by atoms with E-state index in [0.29, 0.717) is 10.7 Å². The molecule has 0 aliphatic carbocycles. The van der Waals surface area contributed by atoms with Gasteiger partial charge in [-0.3, -0.25) is 0 Å². The molecule has 15 heavy (non-hydrogen) atoms. The summed E-state index contributed by atoms with van der Waals surface area (Å²) in [6.07, 6.45) is 0. The summed E-state index contributed by atoms with van der Waals surface area (Å²) in [6.45, 7) is 6.98. The summed E-state index contributed by atoms with van der Waals surface area (Å²) in [6, 6.07) is 9.61. The largest absolute Gasteiger partial charge is 0.391 e. The van der Waals surface area contributed by atoms with E-state index in [-0.39, 0.29) is 5.82 Å². The van der Waals surface area contributed by atoms with Crippen molar-refractivity contribution in [3.63, 3.8) is 0 Å². The summed E-state index contributed by atoms with van der Waals surface area (Å²) in [7, 11) is 0. The van der Waals surface area contributed by atoms with E-state index in [9.17, 15) is 0 Å². The molecule has 0 amide bonds. The fraction of sp³-hybridized carbons (Fsp3) is 0. The Morgan fingerprint density at radius 2 is 2.07 bits per heavy atom. The lowest BCUT2D eigenvalue weighted by atomic mass is 10.3. The number of nitrogens with zero attached hydrogens (tertiary/aromatic N) is 2. The molecule has 2 aromatic rings. The Morgan fingerprint density at radius 3 is 2.73 bits per heavy atom. The van der Waals surface area contributed by atoms with E-state index in [1.54, 1.807) is 0 Å². The van der Waals surface area contributed by atoms with Crippen molar-refractivity contribution in [2.75, 3.05) is 11.1 Å². The predicted octanol–water partition coefficient (Wildman–Crippen LogP) is 3.02. The van der Waals surface area contributed by atoms with E-state index in [1.807, 2.05) is 30.3 Å². The van der Waals surface area contributed by atoms with E-state index >= 15 is 0 Å². The van der Waals surface area contributed by atoms with Crippen LogP contribution in [0, 0.1) is 6.57 Å². The first-order valence-electron chi connectivity index (χ1n) is 4.26. The summed E-state index contributed by atoms with van der Waals surface area (Å²) < 4.78 is 3.93. The number of nitrogens with two attached hydrogens (primary N) is 1. The molecule has 0 saturated carbocycles. The van der Waals surface area contributed by atoms with Gasteiger partial charge < -0.3 is 11.1 Å². The normalized spacial score (nSPS) is 9.53. The third kappa shape index (κ3) is 1.90. The Kier molecular flexibility index (Phi) is 2.52. The molecule has 0 aliphatic rings. The lowest BCUT2D eigenvalue weighted by Gasteiger charge is -2.02. The smallest absolute Gasteiger partial charge is 0.263 e. The van der Waals surface area contributed by atoms with Crippen molar-refractivity contribution in [2.24, 2.45) is 0 Å². The second-order valence-corrected chi connectivity index (χ2v) is 3.62. The van der Waals surface area contributed by atoms with Crippen molar-refractivity contribution < 1.29 is 0 Å². The standard InChI is InChI=1S/C10H8N4S/c1-12-8-9(11)14-15-10(8)13-7-5-3-2-4-6-7/h2-6,13H,(H2,11,14). The number of hydrogen-bond acceptors (Lipinski definition) is 4. The van der Waals surface area contributed by atoms with Gasteiger partial charge in [0.2, 0.25) is 0 Å². The van der Waals surface area contributed by atoms with Gasteiger partial charge in [-0.05, 0) is 23.7 Å². The van der Waals surface area contributed by atoms with Gasteiger partial charge in [0.1, 0.15) is 10.8 Å². The topological polar surface area (TPSA) is 55.3 Å². The quantitative estimate of drug-likeness (QED) is 0.759. The van der Waals surface area contributed by atoms with E-state index in [2.05, 4.69) is 14.5 Å². The number of rotatable bonds is 2. The number of nitrogens with one attached hydrogen (secondary N) is 1. The number of nitrogen functional groups attached to an aromatic ring is 1. The molecule has 0 radical (unpaired) electrons. The molecule has 3 N–H and O–H groups in total. The van der Waals surface area contributed by atoms with E-state index in [1.165, 1.54) is 11.5 Å². The van der Waals surface area contributed by atoms with Gasteiger partial charge >= 0.3 is 0 Å². The van der Waals surface area contributed by atoms with Crippen LogP contribution in [0.5, 0.6) is 0 Å². The van der Waals surface area contributed by atoms with Gasteiger partial charge in [-0.2, -0.15) is 4.37 Å². The first kappa shape index (κ1) is 9.49. The van der Waals surface area contributed by atoms with Crippen LogP contribution in [0.2, 0.25) is 0 Å². The SMILES string of the molecule is [C-]#[N+]c1c(N)nsc1Nc1ccccc1. The molecule has 1 aromatic carbocycles. The minimum atomic E-state index is 0.286. The summed E-state index contributed by atoms with van der Waals surface area (Å²) >= 11 is 1.20. The highest BCUT2D eigenvalue weighted by Gasteiger charge is 2.10. The molecule has 1 aromatic heterocycles. The number of para-hydroxylation sites is 1. The van der Waals surface area contributed by atoms with Gasteiger partial charge in [0.05, 0.1) is 6.57 Å². The molecule has 0 aliphatic heterocycles. The second kappa shape index (κ2) is 3.98. The van der Waals surface area contributed by atoms with Crippen molar-refractivity contribution in [1.29, 1.82) is 0 Å². The average molecular weight is 216 g/mol. The van der Waals surface area contributed by atoms with Gasteiger partial charge in [0, 0.05) is 5.69 Å². The zero-order valence-electron chi connectivity index (χ0n) is 7.77. The Hall–Kier alpha value is -2.06. The molecule has 0 spiro atoms. The first-order chi connectivity index (χ1) is 7.31. The van der Waals surface area contributed by atoms with Gasteiger partial charge in [-0.15, -0.1) is 0 Å². The molecule has 2 rings (SSSR count). The van der Waals surface area contributed by atoms with E-state index in [4.69, 9.17) is 12.3 Å². The first-order valence-corrected chi connectivity index (χ1v) is 5.03. The molecular formula is C10H8N4S. The van der Waals surface area contributed by atoms with Crippen LogP contribution in [-0.2, 0) is 0 Å². The lowest BCUT2D eigenvalue weighted by molar-refractivity contribution is 1.57. The zero-order valence-corrected chi connectivity index (χ0v) is 8.58. The van der Waals surface area contributed by atoms with Crippen LogP contribution < -0.4 is 11.1 Å². The minimum absolute atomic E-state index is 0.286. The molecule has 0 fully saturated rings. The third-order valence-electron chi connectivity index (χ3n) is 1.84.